The summed E-state index contributed by atoms with van der Waals surface area (Å²) >= 11 is 0. The lowest BCUT2D eigenvalue weighted by Gasteiger charge is -2.30. The molecule has 0 aliphatic carbocycles. The molecule has 0 aromatic heterocycles. The Hall–Kier alpha value is -2.06. The Kier molecular flexibility index (Phi) is 4.59. The minimum atomic E-state index is -0.200. The predicted octanol–water partition coefficient (Wildman–Crippen LogP) is 1.26. The zero-order valence-electron chi connectivity index (χ0n) is 11.6. The van der Waals surface area contributed by atoms with Gasteiger partial charge < -0.3 is 10.5 Å². The summed E-state index contributed by atoms with van der Waals surface area (Å²) in [5, 5.41) is 8.97. The van der Waals surface area contributed by atoms with E-state index in [1.165, 1.54) is 0 Å². The van der Waals surface area contributed by atoms with E-state index in [4.69, 9.17) is 15.7 Å². The Balaban J connectivity index is 2.04. The van der Waals surface area contributed by atoms with Crippen molar-refractivity contribution in [2.24, 2.45) is 11.7 Å². The first-order valence-corrected chi connectivity index (χ1v) is 6.72. The van der Waals surface area contributed by atoms with E-state index in [1.54, 1.807) is 13.2 Å². The monoisotopic (exact) mass is 273 g/mol. The Bertz CT molecular complexity index is 528. The van der Waals surface area contributed by atoms with Gasteiger partial charge in [0.15, 0.2) is 0 Å². The van der Waals surface area contributed by atoms with Crippen LogP contribution in [0.2, 0.25) is 0 Å². The van der Waals surface area contributed by atoms with E-state index < -0.39 is 0 Å². The van der Waals surface area contributed by atoms with E-state index in [1.807, 2.05) is 12.1 Å². The van der Waals surface area contributed by atoms with E-state index in [-0.39, 0.29) is 11.8 Å². The van der Waals surface area contributed by atoms with Crippen molar-refractivity contribution in [3.8, 4) is 11.8 Å². The molecule has 1 amide bonds. The maximum atomic E-state index is 11.2. The number of carbonyl (C=O) groups is 1. The van der Waals surface area contributed by atoms with Crippen LogP contribution < -0.4 is 10.5 Å². The molecule has 106 valence electrons. The molecular formula is C15H19N3O2. The number of amides is 1. The van der Waals surface area contributed by atoms with Crippen LogP contribution in [0.3, 0.4) is 0 Å². The lowest BCUT2D eigenvalue weighted by molar-refractivity contribution is -0.123. The summed E-state index contributed by atoms with van der Waals surface area (Å²) in [5.41, 5.74) is 6.97. The summed E-state index contributed by atoms with van der Waals surface area (Å²) in [6, 6.07) is 7.58. The Morgan fingerprint density at radius 2 is 2.20 bits per heavy atom. The summed E-state index contributed by atoms with van der Waals surface area (Å²) in [6.07, 6.45) is 1.60. The minimum Gasteiger partial charge on any atom is -0.496 e. The van der Waals surface area contributed by atoms with Gasteiger partial charge in [0, 0.05) is 18.0 Å². The average Bonchev–Trinajstić information content (AvgIpc) is 2.47. The molecule has 0 saturated carbocycles. The number of nitriles is 1. The molecule has 0 unspecified atom stereocenters. The molecule has 0 atom stereocenters. The van der Waals surface area contributed by atoms with Gasteiger partial charge in [-0.1, -0.05) is 0 Å². The number of piperidine rings is 1. The highest BCUT2D eigenvalue weighted by molar-refractivity contribution is 5.76. The summed E-state index contributed by atoms with van der Waals surface area (Å²) < 4.78 is 5.34. The average molecular weight is 273 g/mol. The number of likely N-dealkylation sites (tertiary alicyclic amines) is 1. The molecule has 1 aromatic rings. The summed E-state index contributed by atoms with van der Waals surface area (Å²) in [5.74, 6) is 0.591. The topological polar surface area (TPSA) is 79.3 Å². The van der Waals surface area contributed by atoms with Crippen molar-refractivity contribution in [2.45, 2.75) is 19.4 Å². The highest BCUT2D eigenvalue weighted by atomic mass is 16.5. The van der Waals surface area contributed by atoms with Gasteiger partial charge in [-0.15, -0.1) is 0 Å². The van der Waals surface area contributed by atoms with Gasteiger partial charge in [-0.05, 0) is 44.1 Å². The fourth-order valence-electron chi connectivity index (χ4n) is 2.59. The van der Waals surface area contributed by atoms with E-state index in [0.717, 1.165) is 43.8 Å². The van der Waals surface area contributed by atoms with Gasteiger partial charge in [0.2, 0.25) is 5.91 Å². The summed E-state index contributed by atoms with van der Waals surface area (Å²) in [7, 11) is 1.63. The van der Waals surface area contributed by atoms with Gasteiger partial charge in [-0.25, -0.2) is 0 Å². The number of methoxy groups -OCH3 is 1. The molecule has 1 heterocycles. The van der Waals surface area contributed by atoms with Crippen LogP contribution in [-0.2, 0) is 11.3 Å². The van der Waals surface area contributed by atoms with Crippen molar-refractivity contribution in [3.05, 3.63) is 29.3 Å². The molecule has 0 spiro atoms. The molecule has 2 rings (SSSR count). The highest BCUT2D eigenvalue weighted by Crippen LogP contribution is 2.24. The van der Waals surface area contributed by atoms with Crippen LogP contribution in [0.4, 0.5) is 0 Å². The molecule has 1 aromatic carbocycles. The standard InChI is InChI=1S/C15H19N3O2/c1-20-14-3-2-11(9-16)8-13(14)10-18-6-4-12(5-7-18)15(17)19/h2-3,8,12H,4-7,10H2,1H3,(H2,17,19). The van der Waals surface area contributed by atoms with Crippen molar-refractivity contribution >= 4 is 5.91 Å². The van der Waals surface area contributed by atoms with Crippen LogP contribution >= 0.6 is 0 Å². The zero-order chi connectivity index (χ0) is 14.5. The normalized spacial score (nSPS) is 16.6. The third-order valence-electron chi connectivity index (χ3n) is 3.79. The van der Waals surface area contributed by atoms with E-state index in [2.05, 4.69) is 11.0 Å². The van der Waals surface area contributed by atoms with E-state index >= 15 is 0 Å². The molecular weight excluding hydrogens is 254 g/mol. The molecule has 1 aliphatic heterocycles. The molecule has 1 aliphatic rings. The summed E-state index contributed by atoms with van der Waals surface area (Å²) in [4.78, 5) is 13.4. The first-order chi connectivity index (χ1) is 9.63. The van der Waals surface area contributed by atoms with Crippen LogP contribution in [0.15, 0.2) is 18.2 Å². The van der Waals surface area contributed by atoms with Crippen LogP contribution in [0.5, 0.6) is 5.75 Å². The number of nitrogens with two attached hydrogens (primary N) is 1. The zero-order valence-corrected chi connectivity index (χ0v) is 11.6. The minimum absolute atomic E-state index is 0.00131. The second-order valence-electron chi connectivity index (χ2n) is 5.09. The third-order valence-corrected chi connectivity index (χ3v) is 3.79. The lowest BCUT2D eigenvalue weighted by atomic mass is 9.96. The van der Waals surface area contributed by atoms with Gasteiger partial charge in [-0.2, -0.15) is 5.26 Å². The van der Waals surface area contributed by atoms with Gasteiger partial charge >= 0.3 is 0 Å². The maximum Gasteiger partial charge on any atom is 0.220 e. The first-order valence-electron chi connectivity index (χ1n) is 6.72. The van der Waals surface area contributed by atoms with Crippen LogP contribution in [0.1, 0.15) is 24.0 Å². The van der Waals surface area contributed by atoms with Crippen molar-refractivity contribution in [2.75, 3.05) is 20.2 Å². The molecule has 20 heavy (non-hydrogen) atoms. The van der Waals surface area contributed by atoms with Gasteiger partial charge in [0.25, 0.3) is 0 Å². The number of nitrogens with zero attached hydrogens (tertiary/aromatic N) is 2. The number of primary amides is 1. The van der Waals surface area contributed by atoms with Crippen LogP contribution in [0, 0.1) is 17.2 Å². The number of rotatable bonds is 4. The van der Waals surface area contributed by atoms with E-state index in [0.29, 0.717) is 5.56 Å². The Morgan fingerprint density at radius 1 is 1.50 bits per heavy atom. The number of benzene rings is 1. The highest BCUT2D eigenvalue weighted by Gasteiger charge is 2.23. The van der Waals surface area contributed by atoms with Gasteiger partial charge in [0.05, 0.1) is 18.7 Å². The predicted molar refractivity (Wildman–Crippen MR) is 74.9 cm³/mol. The smallest absolute Gasteiger partial charge is 0.220 e. The number of carbonyl (C=O) groups excluding carboxylic acids is 1. The molecule has 5 heteroatoms. The molecule has 2 N–H and O–H groups in total. The number of hydrogen-bond donors (Lipinski definition) is 1. The fourth-order valence-corrected chi connectivity index (χ4v) is 2.59. The van der Waals surface area contributed by atoms with E-state index in [9.17, 15) is 4.79 Å². The van der Waals surface area contributed by atoms with Crippen molar-refractivity contribution in [1.82, 2.24) is 4.90 Å². The van der Waals surface area contributed by atoms with Gasteiger partial charge in [0.1, 0.15) is 5.75 Å². The second kappa shape index (κ2) is 6.40. The Morgan fingerprint density at radius 3 is 2.75 bits per heavy atom. The molecule has 5 nitrogen and oxygen atoms in total. The molecule has 0 bridgehead atoms. The van der Waals surface area contributed by atoms with Crippen molar-refractivity contribution in [1.29, 1.82) is 5.26 Å². The SMILES string of the molecule is COc1ccc(C#N)cc1CN1CCC(C(N)=O)CC1. The molecule has 0 radical (unpaired) electrons. The quantitative estimate of drug-likeness (QED) is 0.895. The summed E-state index contributed by atoms with van der Waals surface area (Å²) in [6.45, 7) is 2.41. The molecule has 1 saturated heterocycles. The van der Waals surface area contributed by atoms with Crippen LogP contribution in [0.25, 0.3) is 0 Å². The lowest BCUT2D eigenvalue weighted by Crippen LogP contribution is -2.38. The number of hydrogen-bond acceptors (Lipinski definition) is 4. The third kappa shape index (κ3) is 3.28. The second-order valence-corrected chi connectivity index (χ2v) is 5.09. The fraction of sp³-hybridized carbons (Fsp3) is 0.467. The van der Waals surface area contributed by atoms with Gasteiger partial charge in [-0.3, -0.25) is 9.69 Å². The van der Waals surface area contributed by atoms with Crippen molar-refractivity contribution in [3.63, 3.8) is 0 Å². The van der Waals surface area contributed by atoms with Crippen molar-refractivity contribution < 1.29 is 9.53 Å². The Labute approximate surface area is 118 Å². The first kappa shape index (κ1) is 14.4. The number of ether oxygens (including phenoxy) is 1. The molecule has 1 fully saturated rings. The largest absolute Gasteiger partial charge is 0.496 e. The maximum absolute atomic E-state index is 11.2. The van der Waals surface area contributed by atoms with Crippen LogP contribution in [-0.4, -0.2) is 31.0 Å².